The Labute approximate surface area is 680 Å². The minimum atomic E-state index is -6.64. The van der Waals surface area contributed by atoms with Crippen LogP contribution in [-0.2, 0) is 112 Å². The van der Waals surface area contributed by atoms with Gasteiger partial charge >= 0.3 is 80.5 Å². The summed E-state index contributed by atoms with van der Waals surface area (Å²) in [6.45, 7) is 6.36. The Morgan fingerprint density at radius 2 is 0.808 bits per heavy atom. The van der Waals surface area contributed by atoms with Gasteiger partial charge in [0.15, 0.2) is 46.6 Å². The number of rotatable bonds is 32. The van der Waals surface area contributed by atoms with E-state index >= 15 is 0 Å². The number of ether oxygens (including phenoxy) is 9. The lowest BCUT2D eigenvalue weighted by Gasteiger charge is -2.64. The van der Waals surface area contributed by atoms with Gasteiger partial charge in [0.05, 0.1) is 109 Å². The van der Waals surface area contributed by atoms with Crippen molar-refractivity contribution in [1.82, 2.24) is 0 Å². The number of aliphatic hydroxyl groups is 4. The third-order valence-corrected chi connectivity index (χ3v) is 30.9. The Morgan fingerprint density at radius 1 is 0.442 bits per heavy atom. The van der Waals surface area contributed by atoms with Crippen LogP contribution in [0.1, 0.15) is 152 Å². The number of thioether (sulfide) groups is 1. The van der Waals surface area contributed by atoms with Gasteiger partial charge in [-0.15, -0.1) is 11.8 Å². The number of carbonyl (C=O) groups excluding carboxylic acids is 6. The number of hydrogen-bond acceptors (Lipinski definition) is 32. The Hall–Kier alpha value is -4.59. The predicted molar refractivity (Wildman–Crippen MR) is 362 cm³/mol. The standard InChI is InChI=1S/2C18H26F4O6S.C16H20F4O10S.C16H20F4O9S2/c1-14(2,24)16-8-11-5-12(9-16)7-15(6-11,10-16)13(23)28-4-3-17(19,20)18(21,22)29(25,26)27;1-15(2,24)16-7-10-5-11(8-16)13(12(6-10)9-16)14(23)28-4-3-17(19,20)18(21,22)29(25,26)27;1-14(2,23)8-7-9-12(30-13(7)22)11(10(8)29-9)28-5-6(21)27-4-3-15(17,18)16(19,20)31(24,25)26;1-14(2,23)8-7-11-10(29-13(7)22)9(12(8)30-11)28-5-6(21)27-4-3-15(17,18)16(19,20)31(24,25)26/h11-12,24H,3-10H2,1-2H3,(H,25,26,27);10-13,24H,3-9H2,1-2H3,(H,25,26,27);2*7-12,23H,3-5H2,1-2H3,(H,24,25,26)/p-4. The van der Waals surface area contributed by atoms with Gasteiger partial charge in [0.25, 0.3) is 0 Å². The summed E-state index contributed by atoms with van der Waals surface area (Å²) in [6.07, 6.45) is -4.80. The third kappa shape index (κ3) is 18.5. The van der Waals surface area contributed by atoms with E-state index in [1.54, 1.807) is 27.7 Å². The van der Waals surface area contributed by atoms with Crippen LogP contribution in [0.2, 0.25) is 0 Å². The van der Waals surface area contributed by atoms with E-state index < -0.39 is 286 Å². The lowest BCUT2D eigenvalue weighted by molar-refractivity contribution is -0.212. The van der Waals surface area contributed by atoms with Gasteiger partial charge in [-0.05, 0) is 161 Å². The van der Waals surface area contributed by atoms with E-state index in [0.29, 0.717) is 38.0 Å². The molecule has 0 spiro atoms. The molecule has 6 aliphatic heterocycles. The van der Waals surface area contributed by atoms with Crippen molar-refractivity contribution in [3.05, 3.63) is 0 Å². The zero-order chi connectivity index (χ0) is 91.3. The molecule has 0 aromatic heterocycles. The largest absolute Gasteiger partial charge is 0.743 e. The smallest absolute Gasteiger partial charge is 0.396 e. The summed E-state index contributed by atoms with van der Waals surface area (Å²) in [7, 11) is -26.4. The van der Waals surface area contributed by atoms with E-state index in [-0.39, 0.29) is 39.6 Å². The molecule has 16 atom stereocenters. The number of hydrogen-bond donors (Lipinski definition) is 4. The van der Waals surface area contributed by atoms with E-state index in [4.69, 9.17) is 33.2 Å². The minimum Gasteiger partial charge on any atom is -0.743 e. The molecule has 14 aliphatic rings. The molecule has 0 aromatic rings. The number of halogens is 16. The first-order valence-corrected chi connectivity index (χ1v) is 43.8. The molecule has 16 unspecified atom stereocenters. The summed E-state index contributed by atoms with van der Waals surface area (Å²) in [5, 5.41) is 18.1. The molecule has 6 heterocycles. The van der Waals surface area contributed by atoms with Gasteiger partial charge in [0.2, 0.25) is 0 Å². The molecule has 14 rings (SSSR count). The molecular formula is C68H88F16O31S5-4. The lowest BCUT2D eigenvalue weighted by atomic mass is 9.41. The van der Waals surface area contributed by atoms with Crippen molar-refractivity contribution in [3.8, 4) is 0 Å². The Bertz CT molecular complexity index is 4190. The highest BCUT2D eigenvalue weighted by Crippen LogP contribution is 2.70. The van der Waals surface area contributed by atoms with Gasteiger partial charge in [0, 0.05) is 22.5 Å². The second-order valence-electron chi connectivity index (χ2n) is 35.3. The van der Waals surface area contributed by atoms with Crippen LogP contribution in [0.5, 0.6) is 0 Å². The fourth-order valence-corrected chi connectivity index (χ4v) is 24.3. The number of alkyl halides is 16. The van der Waals surface area contributed by atoms with Gasteiger partial charge in [0.1, 0.15) is 37.6 Å². The van der Waals surface area contributed by atoms with Crippen molar-refractivity contribution < 1.29 is 214 Å². The lowest BCUT2D eigenvalue weighted by Crippen LogP contribution is -2.61. The highest BCUT2D eigenvalue weighted by atomic mass is 32.2. The molecule has 120 heavy (non-hydrogen) atoms. The fourth-order valence-electron chi connectivity index (χ4n) is 20.2. The molecule has 52 heteroatoms. The fraction of sp³-hybridized carbons (Fsp3) is 0.912. The second kappa shape index (κ2) is 32.6. The number of fused-ring (bicyclic) bond motifs is 2. The molecule has 0 aromatic carbocycles. The summed E-state index contributed by atoms with van der Waals surface area (Å²) < 4.78 is 382. The van der Waals surface area contributed by atoms with Crippen molar-refractivity contribution >= 4 is 88.1 Å². The summed E-state index contributed by atoms with van der Waals surface area (Å²) in [5.41, 5.74) is -6.33. The van der Waals surface area contributed by atoms with Gasteiger partial charge in [-0.3, -0.25) is 19.2 Å². The van der Waals surface area contributed by atoms with Gasteiger partial charge < -0.3 is 81.3 Å². The molecule has 12 bridgehead atoms. The Balaban J connectivity index is 0.000000182. The molecule has 0 radical (unpaired) electrons. The maximum atomic E-state index is 13.6. The maximum absolute atomic E-state index is 13.6. The average Bonchev–Trinajstić information content (AvgIpc) is 1.32. The zero-order valence-electron chi connectivity index (χ0n) is 64.6. The maximum Gasteiger partial charge on any atom is 0.396 e. The molecule has 0 amide bonds. The van der Waals surface area contributed by atoms with Crippen molar-refractivity contribution in [2.45, 2.75) is 266 Å². The number of carbonyl (C=O) groups is 6. The van der Waals surface area contributed by atoms with Crippen LogP contribution in [0.3, 0.4) is 0 Å². The molecule has 6 saturated heterocycles. The molecule has 4 N–H and O–H groups in total. The van der Waals surface area contributed by atoms with Crippen LogP contribution in [0.25, 0.3) is 0 Å². The van der Waals surface area contributed by atoms with E-state index in [1.165, 1.54) is 39.5 Å². The number of esters is 6. The first-order valence-electron chi connectivity index (χ1n) is 37.3. The highest BCUT2D eigenvalue weighted by Gasteiger charge is 2.74. The average molecular weight is 1870 g/mol. The summed E-state index contributed by atoms with van der Waals surface area (Å²) in [5.74, 6) is -28.3. The second-order valence-corrected chi connectivity index (χ2v) is 42.3. The normalized spacial score (nSPS) is 34.0. The van der Waals surface area contributed by atoms with Crippen molar-refractivity contribution in [3.63, 3.8) is 0 Å². The van der Waals surface area contributed by atoms with Gasteiger partial charge in [-0.2, -0.15) is 70.2 Å². The van der Waals surface area contributed by atoms with Gasteiger partial charge in [-0.25, -0.2) is 43.3 Å². The molecule has 14 fully saturated rings. The zero-order valence-corrected chi connectivity index (χ0v) is 68.7. The van der Waals surface area contributed by atoms with E-state index in [2.05, 4.69) is 9.47 Å². The monoisotopic (exact) mass is 1860 g/mol. The predicted octanol–water partition coefficient (Wildman–Crippen LogP) is 6.25. The van der Waals surface area contributed by atoms with Crippen LogP contribution in [-0.4, -0.2) is 262 Å². The molecular weight excluding hydrogens is 1780 g/mol. The first-order chi connectivity index (χ1) is 53.9. The van der Waals surface area contributed by atoms with Crippen LogP contribution in [0, 0.1) is 75.4 Å². The van der Waals surface area contributed by atoms with E-state index in [1.807, 2.05) is 0 Å². The highest BCUT2D eigenvalue weighted by molar-refractivity contribution is 8.01. The van der Waals surface area contributed by atoms with Crippen molar-refractivity contribution in [2.75, 3.05) is 39.6 Å². The van der Waals surface area contributed by atoms with Crippen LogP contribution in [0.15, 0.2) is 0 Å². The summed E-state index contributed by atoms with van der Waals surface area (Å²) >= 11 is 1.38. The van der Waals surface area contributed by atoms with Crippen LogP contribution < -0.4 is 0 Å². The van der Waals surface area contributed by atoms with Crippen molar-refractivity contribution in [1.29, 1.82) is 0 Å². The minimum absolute atomic E-state index is 0.0795. The van der Waals surface area contributed by atoms with E-state index in [0.717, 1.165) is 38.5 Å². The van der Waals surface area contributed by atoms with Crippen LogP contribution >= 0.6 is 11.8 Å². The molecule has 8 saturated carbocycles. The SMILES string of the molecule is CC(C)(O)C12CC3CC(C1)C(C(=O)OCCC(F)(F)C(F)(F)S(=O)(=O)[O-])C(C3)C2.CC(C)(O)C12CC3CC(CC(C(=O)OCCC(F)(F)C(F)(F)S(=O)(=O)[O-])(C3)C1)C2.CC(C)(O)C1C2OC3C(OC(=O)C31)C2OCC(=O)OCCC(F)(F)C(F)(F)S(=O)(=O)[O-].CC(C)(O)C1C2SC3C(OC(=O)C31)C2OCC(=O)OCCC(F)(F)C(F)(F)S(=O)(=O)[O-]. The topological polar surface area (TPSA) is 495 Å². The first kappa shape index (κ1) is 99.2. The van der Waals surface area contributed by atoms with Crippen molar-refractivity contribution in [2.24, 2.45) is 75.4 Å². The Kier molecular flexibility index (Phi) is 27.0. The molecule has 31 nitrogen and oxygen atoms in total. The van der Waals surface area contributed by atoms with E-state index in [9.17, 15) is 171 Å². The third-order valence-electron chi connectivity index (χ3n) is 25.5. The Morgan fingerprint density at radius 3 is 1.20 bits per heavy atom. The quantitative estimate of drug-likeness (QED) is 0.0250. The van der Waals surface area contributed by atoms with Gasteiger partial charge in [-0.1, -0.05) is 0 Å². The van der Waals surface area contributed by atoms with Crippen LogP contribution in [0.4, 0.5) is 70.2 Å². The summed E-state index contributed by atoms with van der Waals surface area (Å²) in [6, 6.07) is 0. The molecule has 8 aliphatic carbocycles. The summed E-state index contributed by atoms with van der Waals surface area (Å²) in [4.78, 5) is 73.0. The molecule has 692 valence electrons.